The Morgan fingerprint density at radius 1 is 1.53 bits per heavy atom. The lowest BCUT2D eigenvalue weighted by atomic mass is 9.98. The van der Waals surface area contributed by atoms with Crippen LogP contribution in [0.2, 0.25) is 0 Å². The molecule has 0 aromatic carbocycles. The molecule has 1 unspecified atom stereocenters. The van der Waals surface area contributed by atoms with Gasteiger partial charge in [-0.1, -0.05) is 6.07 Å². The van der Waals surface area contributed by atoms with Crippen molar-refractivity contribution < 1.29 is 13.5 Å². The Balaban J connectivity index is 2.34. The molecule has 0 saturated carbocycles. The van der Waals surface area contributed by atoms with E-state index in [1.165, 1.54) is 15.6 Å². The lowest BCUT2D eigenvalue weighted by molar-refractivity contribution is 0.0215. The molecule has 1 atom stereocenters. The Morgan fingerprint density at radius 3 is 2.76 bits per heavy atom. The summed E-state index contributed by atoms with van der Waals surface area (Å²) in [6, 6.07) is 3.02. The molecular formula is C11H17NO3S2. The predicted octanol–water partition coefficient (Wildman–Crippen LogP) is 1.67. The van der Waals surface area contributed by atoms with Crippen LogP contribution in [0.25, 0.3) is 0 Å². The van der Waals surface area contributed by atoms with Gasteiger partial charge < -0.3 is 5.11 Å². The third kappa shape index (κ3) is 2.40. The molecule has 96 valence electrons. The van der Waals surface area contributed by atoms with Crippen LogP contribution in [0.4, 0.5) is 0 Å². The molecule has 6 heteroatoms. The highest BCUT2D eigenvalue weighted by molar-refractivity contribution is 7.91. The monoisotopic (exact) mass is 275 g/mol. The summed E-state index contributed by atoms with van der Waals surface area (Å²) in [5, 5.41) is 11.8. The molecule has 0 radical (unpaired) electrons. The van der Waals surface area contributed by atoms with Gasteiger partial charge in [-0.2, -0.15) is 4.31 Å². The van der Waals surface area contributed by atoms with E-state index >= 15 is 0 Å². The van der Waals surface area contributed by atoms with Gasteiger partial charge in [0.2, 0.25) is 0 Å². The minimum Gasteiger partial charge on any atom is -0.389 e. The largest absolute Gasteiger partial charge is 0.389 e. The number of sulfonamides is 1. The summed E-state index contributed by atoms with van der Waals surface area (Å²) in [5.74, 6) is 0. The summed E-state index contributed by atoms with van der Waals surface area (Å²) in [5.41, 5.74) is -0.999. The standard InChI is InChI=1S/C11H17NO3S2/c1-11(2,13)9-5-3-7-12(9)17(14,15)10-6-4-8-16-10/h4,6,8-9,13H,3,5,7H2,1-2H3. The van der Waals surface area contributed by atoms with E-state index in [0.29, 0.717) is 17.2 Å². The Bertz CT molecular complexity index is 473. The number of nitrogens with zero attached hydrogens (tertiary/aromatic N) is 1. The van der Waals surface area contributed by atoms with E-state index in [9.17, 15) is 13.5 Å². The van der Waals surface area contributed by atoms with E-state index in [0.717, 1.165) is 6.42 Å². The van der Waals surface area contributed by atoms with Crippen molar-refractivity contribution in [1.82, 2.24) is 4.31 Å². The maximum Gasteiger partial charge on any atom is 0.252 e. The lowest BCUT2D eigenvalue weighted by Crippen LogP contribution is -2.47. The Morgan fingerprint density at radius 2 is 2.24 bits per heavy atom. The van der Waals surface area contributed by atoms with Gasteiger partial charge in [0.15, 0.2) is 0 Å². The first-order valence-corrected chi connectivity index (χ1v) is 7.93. The van der Waals surface area contributed by atoms with Crippen LogP contribution in [-0.4, -0.2) is 36.0 Å². The molecule has 4 nitrogen and oxygen atoms in total. The normalized spacial score (nSPS) is 23.1. The fourth-order valence-electron chi connectivity index (χ4n) is 2.26. The number of hydrogen-bond acceptors (Lipinski definition) is 4. The van der Waals surface area contributed by atoms with Gasteiger partial charge in [0.1, 0.15) is 4.21 Å². The van der Waals surface area contributed by atoms with E-state index in [4.69, 9.17) is 0 Å². The van der Waals surface area contributed by atoms with Crippen molar-refractivity contribution in [1.29, 1.82) is 0 Å². The zero-order valence-corrected chi connectivity index (χ0v) is 11.6. The molecule has 1 N–H and O–H groups in total. The topological polar surface area (TPSA) is 57.6 Å². The fourth-order valence-corrected chi connectivity index (χ4v) is 5.20. The average Bonchev–Trinajstić information content (AvgIpc) is 2.89. The van der Waals surface area contributed by atoms with Crippen molar-refractivity contribution in [3.05, 3.63) is 17.5 Å². The molecular weight excluding hydrogens is 258 g/mol. The zero-order chi connectivity index (χ0) is 12.7. The molecule has 2 rings (SSSR count). The van der Waals surface area contributed by atoms with Crippen molar-refractivity contribution in [2.45, 2.75) is 42.5 Å². The minimum absolute atomic E-state index is 0.324. The number of rotatable bonds is 3. The molecule has 1 saturated heterocycles. The third-order valence-corrected chi connectivity index (χ3v) is 6.36. The Kier molecular flexibility index (Phi) is 3.33. The average molecular weight is 275 g/mol. The minimum atomic E-state index is -3.44. The van der Waals surface area contributed by atoms with Crippen LogP contribution in [0.3, 0.4) is 0 Å². The summed E-state index contributed by atoms with van der Waals surface area (Å²) in [4.78, 5) is 0. The van der Waals surface area contributed by atoms with Crippen LogP contribution in [0.5, 0.6) is 0 Å². The molecule has 0 spiro atoms. The molecule has 0 bridgehead atoms. The van der Waals surface area contributed by atoms with Gasteiger partial charge in [0.05, 0.1) is 11.6 Å². The molecule has 1 fully saturated rings. The zero-order valence-electron chi connectivity index (χ0n) is 9.96. The summed E-state index contributed by atoms with van der Waals surface area (Å²) in [7, 11) is -3.44. The highest BCUT2D eigenvalue weighted by Crippen LogP contribution is 2.33. The quantitative estimate of drug-likeness (QED) is 0.913. The van der Waals surface area contributed by atoms with Crippen molar-refractivity contribution in [2.75, 3.05) is 6.54 Å². The van der Waals surface area contributed by atoms with Gasteiger partial charge >= 0.3 is 0 Å². The Hall–Kier alpha value is -0.430. The van der Waals surface area contributed by atoms with Gasteiger partial charge in [-0.15, -0.1) is 11.3 Å². The molecule has 1 aromatic rings. The summed E-state index contributed by atoms with van der Waals surface area (Å²) in [6.07, 6.45) is 1.52. The fraction of sp³-hybridized carbons (Fsp3) is 0.636. The van der Waals surface area contributed by atoms with Gasteiger partial charge in [-0.05, 0) is 38.1 Å². The molecule has 2 heterocycles. The van der Waals surface area contributed by atoms with Gasteiger partial charge in [-0.3, -0.25) is 0 Å². The van der Waals surface area contributed by atoms with Crippen molar-refractivity contribution >= 4 is 21.4 Å². The van der Waals surface area contributed by atoms with E-state index < -0.39 is 15.6 Å². The highest BCUT2D eigenvalue weighted by Gasteiger charge is 2.42. The SMILES string of the molecule is CC(C)(O)C1CCCN1S(=O)(=O)c1cccs1. The molecule has 0 aliphatic carbocycles. The molecule has 17 heavy (non-hydrogen) atoms. The summed E-state index contributed by atoms with van der Waals surface area (Å²) >= 11 is 1.22. The van der Waals surface area contributed by atoms with Crippen LogP contribution in [0, 0.1) is 0 Å². The van der Waals surface area contributed by atoms with E-state index in [1.807, 2.05) is 0 Å². The second-order valence-electron chi connectivity index (χ2n) is 4.86. The lowest BCUT2D eigenvalue weighted by Gasteiger charge is -2.32. The number of hydrogen-bond donors (Lipinski definition) is 1. The van der Waals surface area contributed by atoms with E-state index in [1.54, 1.807) is 31.4 Å². The first-order valence-electron chi connectivity index (χ1n) is 5.61. The predicted molar refractivity (Wildman–Crippen MR) is 67.5 cm³/mol. The third-order valence-electron chi connectivity index (χ3n) is 3.08. The summed E-state index contributed by atoms with van der Waals surface area (Å²) in [6.45, 7) is 3.83. The van der Waals surface area contributed by atoms with Crippen molar-refractivity contribution in [3.63, 3.8) is 0 Å². The van der Waals surface area contributed by atoms with Crippen molar-refractivity contribution in [3.8, 4) is 0 Å². The van der Waals surface area contributed by atoms with Crippen LogP contribution in [-0.2, 0) is 10.0 Å². The highest BCUT2D eigenvalue weighted by atomic mass is 32.2. The number of aliphatic hydroxyl groups is 1. The van der Waals surface area contributed by atoms with E-state index in [2.05, 4.69) is 0 Å². The van der Waals surface area contributed by atoms with Crippen LogP contribution < -0.4 is 0 Å². The van der Waals surface area contributed by atoms with Crippen molar-refractivity contribution in [2.24, 2.45) is 0 Å². The maximum atomic E-state index is 12.4. The Labute approximate surface area is 106 Å². The van der Waals surface area contributed by atoms with Gasteiger partial charge in [0, 0.05) is 6.54 Å². The summed E-state index contributed by atoms with van der Waals surface area (Å²) < 4.78 is 26.6. The second-order valence-corrected chi connectivity index (χ2v) is 7.92. The smallest absolute Gasteiger partial charge is 0.252 e. The van der Waals surface area contributed by atoms with Gasteiger partial charge in [0.25, 0.3) is 10.0 Å². The number of thiophene rings is 1. The molecule has 1 aromatic heterocycles. The van der Waals surface area contributed by atoms with E-state index in [-0.39, 0.29) is 6.04 Å². The molecule has 0 amide bonds. The first-order chi connectivity index (χ1) is 7.83. The van der Waals surface area contributed by atoms with Crippen LogP contribution in [0.15, 0.2) is 21.7 Å². The second kappa shape index (κ2) is 4.35. The van der Waals surface area contributed by atoms with Crippen LogP contribution in [0.1, 0.15) is 26.7 Å². The van der Waals surface area contributed by atoms with Crippen LogP contribution >= 0.6 is 11.3 Å². The maximum absolute atomic E-state index is 12.4. The molecule has 1 aliphatic heterocycles. The van der Waals surface area contributed by atoms with Gasteiger partial charge in [-0.25, -0.2) is 8.42 Å². The molecule has 1 aliphatic rings. The first kappa shape index (κ1) is 13.0.